The van der Waals surface area contributed by atoms with E-state index in [0.717, 1.165) is 11.1 Å². The van der Waals surface area contributed by atoms with Crippen molar-refractivity contribution in [3.63, 3.8) is 0 Å². The molecule has 1 aliphatic heterocycles. The molecule has 9 nitrogen and oxygen atoms in total. The SMILES string of the molecule is CCOC(=O)c1ccc(Oc2c(C)oc3c4c(ccc3c2=O)OCN(Cc2ccc(OC)c(OC)c2)C4)cc1. The van der Waals surface area contributed by atoms with Gasteiger partial charge in [0.05, 0.1) is 37.3 Å². The van der Waals surface area contributed by atoms with Crippen LogP contribution in [0.25, 0.3) is 11.0 Å². The summed E-state index contributed by atoms with van der Waals surface area (Å²) in [6.45, 7) is 5.24. The molecule has 202 valence electrons. The summed E-state index contributed by atoms with van der Waals surface area (Å²) < 4.78 is 33.9. The Morgan fingerprint density at radius 2 is 1.77 bits per heavy atom. The standard InChI is InChI=1S/C30H29NO8/c1-5-36-30(33)20-7-9-21(10-8-20)39-28-18(2)38-29-22(27(28)32)11-13-24-23(29)16-31(17-37-24)15-19-6-12-25(34-3)26(14-19)35-4/h6-14H,5,15-17H2,1-4H3. The molecule has 9 heteroatoms. The Kier molecular flexibility index (Phi) is 7.42. The molecule has 0 N–H and O–H groups in total. The Hall–Kier alpha value is -4.50. The maximum Gasteiger partial charge on any atom is 0.338 e. The average Bonchev–Trinajstić information content (AvgIpc) is 2.95. The highest BCUT2D eigenvalue weighted by atomic mass is 16.5. The molecule has 0 fully saturated rings. The fourth-order valence-electron chi connectivity index (χ4n) is 4.55. The van der Waals surface area contributed by atoms with Crippen LogP contribution in [0.15, 0.2) is 63.8 Å². The number of rotatable bonds is 8. The van der Waals surface area contributed by atoms with E-state index in [1.54, 1.807) is 64.5 Å². The topological polar surface area (TPSA) is 96.7 Å². The lowest BCUT2D eigenvalue weighted by Gasteiger charge is -2.29. The third kappa shape index (κ3) is 5.26. The monoisotopic (exact) mass is 531 g/mol. The van der Waals surface area contributed by atoms with Crippen LogP contribution in [0, 0.1) is 6.92 Å². The second-order valence-electron chi connectivity index (χ2n) is 9.03. The third-order valence-electron chi connectivity index (χ3n) is 6.47. The Balaban J connectivity index is 1.41. The van der Waals surface area contributed by atoms with E-state index in [4.69, 9.17) is 28.1 Å². The lowest BCUT2D eigenvalue weighted by atomic mass is 10.1. The van der Waals surface area contributed by atoms with E-state index in [1.165, 1.54) is 0 Å². The molecule has 2 heterocycles. The minimum atomic E-state index is -0.419. The number of methoxy groups -OCH3 is 2. The molecule has 0 aliphatic carbocycles. The highest BCUT2D eigenvalue weighted by Gasteiger charge is 2.24. The number of ether oxygens (including phenoxy) is 5. The van der Waals surface area contributed by atoms with Crippen molar-refractivity contribution in [3.8, 4) is 28.7 Å². The summed E-state index contributed by atoms with van der Waals surface area (Å²) >= 11 is 0. The molecule has 0 saturated carbocycles. The number of carbonyl (C=O) groups is 1. The number of hydrogen-bond acceptors (Lipinski definition) is 9. The van der Waals surface area contributed by atoms with Crippen LogP contribution in [0.2, 0.25) is 0 Å². The molecule has 3 aromatic carbocycles. The van der Waals surface area contributed by atoms with Crippen LogP contribution in [0.5, 0.6) is 28.7 Å². The van der Waals surface area contributed by atoms with E-state index < -0.39 is 5.97 Å². The molecule has 0 spiro atoms. The largest absolute Gasteiger partial charge is 0.493 e. The van der Waals surface area contributed by atoms with Crippen molar-refractivity contribution in [1.29, 1.82) is 0 Å². The third-order valence-corrected chi connectivity index (χ3v) is 6.47. The first-order valence-corrected chi connectivity index (χ1v) is 12.5. The fourth-order valence-corrected chi connectivity index (χ4v) is 4.55. The van der Waals surface area contributed by atoms with Crippen LogP contribution in [0.3, 0.4) is 0 Å². The molecule has 1 aromatic heterocycles. The van der Waals surface area contributed by atoms with Gasteiger partial charge in [0, 0.05) is 13.1 Å². The molecule has 5 rings (SSSR count). The molecular formula is C30H29NO8. The summed E-state index contributed by atoms with van der Waals surface area (Å²) in [4.78, 5) is 27.5. The predicted octanol–water partition coefficient (Wildman–Crippen LogP) is 5.44. The Bertz CT molecular complexity index is 1580. The molecule has 0 bridgehead atoms. The van der Waals surface area contributed by atoms with Crippen LogP contribution in [0.1, 0.15) is 34.2 Å². The van der Waals surface area contributed by atoms with Gasteiger partial charge in [-0.15, -0.1) is 0 Å². The van der Waals surface area contributed by atoms with E-state index in [0.29, 0.717) is 65.1 Å². The first-order chi connectivity index (χ1) is 18.9. The minimum absolute atomic E-state index is 0.0882. The molecule has 1 aliphatic rings. The van der Waals surface area contributed by atoms with Crippen molar-refractivity contribution < 1.29 is 32.9 Å². The van der Waals surface area contributed by atoms with Crippen molar-refractivity contribution in [2.75, 3.05) is 27.6 Å². The number of benzene rings is 3. The smallest absolute Gasteiger partial charge is 0.338 e. The first kappa shape index (κ1) is 26.1. The zero-order chi connectivity index (χ0) is 27.5. The summed E-state index contributed by atoms with van der Waals surface area (Å²) in [5.74, 6) is 2.41. The molecule has 4 aromatic rings. The zero-order valence-corrected chi connectivity index (χ0v) is 22.2. The highest BCUT2D eigenvalue weighted by molar-refractivity contribution is 5.89. The number of nitrogens with zero attached hydrogens (tertiary/aromatic N) is 1. The van der Waals surface area contributed by atoms with Crippen molar-refractivity contribution in [1.82, 2.24) is 4.90 Å². The molecule has 0 unspecified atom stereocenters. The van der Waals surface area contributed by atoms with Gasteiger partial charge in [-0.25, -0.2) is 4.79 Å². The maximum atomic E-state index is 13.5. The van der Waals surface area contributed by atoms with Crippen molar-refractivity contribution in [2.45, 2.75) is 26.9 Å². The number of esters is 1. The molecular weight excluding hydrogens is 502 g/mol. The lowest BCUT2D eigenvalue weighted by Crippen LogP contribution is -2.31. The average molecular weight is 532 g/mol. The molecule has 0 saturated heterocycles. The number of fused-ring (bicyclic) bond motifs is 3. The van der Waals surface area contributed by atoms with Gasteiger partial charge in [-0.3, -0.25) is 9.69 Å². The van der Waals surface area contributed by atoms with Gasteiger partial charge in [0.15, 0.2) is 11.5 Å². The minimum Gasteiger partial charge on any atom is -0.493 e. The maximum absolute atomic E-state index is 13.5. The summed E-state index contributed by atoms with van der Waals surface area (Å²) in [6.07, 6.45) is 0. The van der Waals surface area contributed by atoms with Crippen LogP contribution in [0.4, 0.5) is 0 Å². The van der Waals surface area contributed by atoms with Gasteiger partial charge in [0.2, 0.25) is 11.2 Å². The van der Waals surface area contributed by atoms with Gasteiger partial charge in [-0.05, 0) is 67.9 Å². The van der Waals surface area contributed by atoms with Gasteiger partial charge in [-0.2, -0.15) is 0 Å². The normalized spacial score (nSPS) is 12.9. The van der Waals surface area contributed by atoms with Gasteiger partial charge >= 0.3 is 5.97 Å². The molecule has 0 radical (unpaired) electrons. The lowest BCUT2D eigenvalue weighted by molar-refractivity contribution is 0.0526. The van der Waals surface area contributed by atoms with Gasteiger partial charge in [-0.1, -0.05) is 6.07 Å². The van der Waals surface area contributed by atoms with E-state index in [1.807, 2.05) is 18.2 Å². The quantitative estimate of drug-likeness (QED) is 0.275. The van der Waals surface area contributed by atoms with Crippen LogP contribution in [-0.4, -0.2) is 38.4 Å². The number of hydrogen-bond donors (Lipinski definition) is 0. The number of aryl methyl sites for hydroxylation is 1. The predicted molar refractivity (Wildman–Crippen MR) is 144 cm³/mol. The van der Waals surface area contributed by atoms with Crippen molar-refractivity contribution >= 4 is 16.9 Å². The fraction of sp³-hybridized carbons (Fsp3) is 0.267. The van der Waals surface area contributed by atoms with E-state index in [-0.39, 0.29) is 17.8 Å². The Morgan fingerprint density at radius 3 is 2.49 bits per heavy atom. The first-order valence-electron chi connectivity index (χ1n) is 12.5. The van der Waals surface area contributed by atoms with Crippen LogP contribution in [-0.2, 0) is 17.8 Å². The van der Waals surface area contributed by atoms with Gasteiger partial charge in [0.1, 0.15) is 29.6 Å². The highest BCUT2D eigenvalue weighted by Crippen LogP contribution is 2.35. The van der Waals surface area contributed by atoms with E-state index in [2.05, 4.69) is 4.90 Å². The van der Waals surface area contributed by atoms with E-state index in [9.17, 15) is 9.59 Å². The number of carbonyl (C=O) groups excluding carboxylic acids is 1. The molecule has 39 heavy (non-hydrogen) atoms. The van der Waals surface area contributed by atoms with Gasteiger partial charge < -0.3 is 28.1 Å². The Morgan fingerprint density at radius 1 is 1.00 bits per heavy atom. The molecule has 0 atom stereocenters. The van der Waals surface area contributed by atoms with E-state index >= 15 is 0 Å². The Labute approximate surface area is 225 Å². The second-order valence-corrected chi connectivity index (χ2v) is 9.03. The van der Waals surface area contributed by atoms with Crippen molar-refractivity contribution in [2.24, 2.45) is 0 Å². The summed E-state index contributed by atoms with van der Waals surface area (Å²) in [5.41, 5.74) is 2.41. The zero-order valence-electron chi connectivity index (χ0n) is 22.2. The second kappa shape index (κ2) is 11.1. The summed E-state index contributed by atoms with van der Waals surface area (Å²) in [6, 6.07) is 15.7. The summed E-state index contributed by atoms with van der Waals surface area (Å²) in [5, 5.41) is 0.397. The summed E-state index contributed by atoms with van der Waals surface area (Å²) in [7, 11) is 3.21. The van der Waals surface area contributed by atoms with Gasteiger partial charge in [0.25, 0.3) is 0 Å². The van der Waals surface area contributed by atoms with Crippen LogP contribution >= 0.6 is 0 Å². The molecule has 0 amide bonds. The van der Waals surface area contributed by atoms with Crippen LogP contribution < -0.4 is 24.4 Å². The van der Waals surface area contributed by atoms with Crippen molar-refractivity contribution in [3.05, 3.63) is 87.3 Å².